The summed E-state index contributed by atoms with van der Waals surface area (Å²) >= 11 is 0. The lowest BCUT2D eigenvalue weighted by Gasteiger charge is -2.18. The highest BCUT2D eigenvalue weighted by atomic mass is 16.2. The van der Waals surface area contributed by atoms with Crippen LogP contribution in [0.1, 0.15) is 57.4 Å². The van der Waals surface area contributed by atoms with Crippen LogP contribution in [0.15, 0.2) is 15.8 Å². The Morgan fingerprint density at radius 2 is 1.88 bits per heavy atom. The Labute approximate surface area is 152 Å². The minimum atomic E-state index is -0.436. The minimum Gasteiger partial charge on any atom is -0.325 e. The molecule has 0 bridgehead atoms. The van der Waals surface area contributed by atoms with E-state index < -0.39 is 11.2 Å². The molecular weight excluding hydrogens is 332 g/mol. The van der Waals surface area contributed by atoms with Gasteiger partial charge in [0.2, 0.25) is 5.91 Å². The molecule has 1 aliphatic carbocycles. The topological polar surface area (TPSA) is 86.0 Å². The second kappa shape index (κ2) is 7.05. The van der Waals surface area contributed by atoms with Crippen molar-refractivity contribution in [2.75, 3.05) is 5.32 Å². The van der Waals surface area contributed by atoms with Gasteiger partial charge in [-0.25, -0.2) is 9.78 Å². The van der Waals surface area contributed by atoms with Gasteiger partial charge in [-0.15, -0.1) is 0 Å². The number of amides is 1. The summed E-state index contributed by atoms with van der Waals surface area (Å²) in [5.41, 5.74) is 0.709. The van der Waals surface area contributed by atoms with Crippen LogP contribution in [0, 0.1) is 5.92 Å². The smallest absolute Gasteiger partial charge is 0.325 e. The van der Waals surface area contributed by atoms with E-state index in [1.54, 1.807) is 13.2 Å². The zero-order chi connectivity index (χ0) is 19.0. The van der Waals surface area contributed by atoms with Gasteiger partial charge >= 0.3 is 5.69 Å². The number of nitrogens with one attached hydrogen (secondary N) is 1. The number of rotatable bonds is 4. The maximum absolute atomic E-state index is 12.8. The van der Waals surface area contributed by atoms with E-state index in [1.165, 1.54) is 24.5 Å². The molecule has 2 heterocycles. The number of hydrogen-bond acceptors (Lipinski definition) is 4. The van der Waals surface area contributed by atoms with E-state index in [-0.39, 0.29) is 11.8 Å². The predicted molar refractivity (Wildman–Crippen MR) is 102 cm³/mol. The van der Waals surface area contributed by atoms with Crippen LogP contribution in [0.4, 0.5) is 5.69 Å². The molecule has 1 saturated carbocycles. The van der Waals surface area contributed by atoms with Crippen LogP contribution in [0.25, 0.3) is 11.0 Å². The van der Waals surface area contributed by atoms with Crippen molar-refractivity contribution in [2.24, 2.45) is 20.0 Å². The summed E-state index contributed by atoms with van der Waals surface area (Å²) in [5, 5.41) is 3.26. The van der Waals surface area contributed by atoms with Gasteiger partial charge < -0.3 is 5.32 Å². The van der Waals surface area contributed by atoms with Crippen LogP contribution in [0.3, 0.4) is 0 Å². The molecule has 2 aromatic heterocycles. The summed E-state index contributed by atoms with van der Waals surface area (Å²) in [6, 6.07) is 0. The Morgan fingerprint density at radius 1 is 1.23 bits per heavy atom. The molecule has 0 radical (unpaired) electrons. The van der Waals surface area contributed by atoms with E-state index in [2.05, 4.69) is 10.3 Å². The summed E-state index contributed by atoms with van der Waals surface area (Å²) in [6.07, 6.45) is 6.63. The summed E-state index contributed by atoms with van der Waals surface area (Å²) in [4.78, 5) is 41.9. The van der Waals surface area contributed by atoms with Gasteiger partial charge in [0.05, 0.1) is 5.69 Å². The van der Waals surface area contributed by atoms with Crippen LogP contribution in [0.2, 0.25) is 0 Å². The summed E-state index contributed by atoms with van der Waals surface area (Å²) < 4.78 is 2.40. The van der Waals surface area contributed by atoms with Gasteiger partial charge in [-0.3, -0.25) is 18.7 Å². The molecule has 1 N–H and O–H groups in total. The summed E-state index contributed by atoms with van der Waals surface area (Å²) in [5.74, 6) is 0.413. The third kappa shape index (κ3) is 3.18. The first-order valence-corrected chi connectivity index (χ1v) is 9.19. The predicted octanol–water partition coefficient (Wildman–Crippen LogP) is 2.27. The molecule has 1 fully saturated rings. The maximum Gasteiger partial charge on any atom is 0.332 e. The van der Waals surface area contributed by atoms with Crippen molar-refractivity contribution < 1.29 is 4.79 Å². The third-order valence-corrected chi connectivity index (χ3v) is 5.33. The van der Waals surface area contributed by atoms with Crippen LogP contribution in [-0.4, -0.2) is 20.0 Å². The van der Waals surface area contributed by atoms with E-state index in [0.717, 1.165) is 23.0 Å². The number of anilines is 1. The van der Waals surface area contributed by atoms with E-state index in [4.69, 9.17) is 0 Å². The molecule has 1 aliphatic rings. The molecule has 0 atom stereocenters. The number of carbonyl (C=O) groups is 1. The quantitative estimate of drug-likeness (QED) is 0.908. The van der Waals surface area contributed by atoms with Crippen molar-refractivity contribution in [3.8, 4) is 0 Å². The van der Waals surface area contributed by atoms with Crippen LogP contribution in [-0.2, 0) is 18.9 Å². The molecule has 7 nitrogen and oxygen atoms in total. The largest absolute Gasteiger partial charge is 0.332 e. The minimum absolute atomic E-state index is 0.0793. The SMILES string of the molecule is CC(C)c1cnc2c(c1NC(=O)CC1CCCC1)c(=O)n(C)c(=O)n2C. The molecule has 0 spiro atoms. The monoisotopic (exact) mass is 358 g/mol. The Balaban J connectivity index is 2.14. The number of pyridine rings is 1. The van der Waals surface area contributed by atoms with Crippen molar-refractivity contribution in [1.82, 2.24) is 14.1 Å². The molecular formula is C19H26N4O3. The van der Waals surface area contributed by atoms with Gasteiger partial charge in [0, 0.05) is 26.7 Å². The first-order chi connectivity index (χ1) is 12.3. The van der Waals surface area contributed by atoms with E-state index in [0.29, 0.717) is 29.1 Å². The lowest BCUT2D eigenvalue weighted by atomic mass is 10.00. The highest BCUT2D eigenvalue weighted by molar-refractivity contribution is 6.01. The van der Waals surface area contributed by atoms with Gasteiger partial charge in [-0.05, 0) is 30.2 Å². The van der Waals surface area contributed by atoms with Gasteiger partial charge in [0.15, 0.2) is 5.65 Å². The van der Waals surface area contributed by atoms with Crippen molar-refractivity contribution in [2.45, 2.75) is 51.9 Å². The highest BCUT2D eigenvalue weighted by Gasteiger charge is 2.23. The lowest BCUT2D eigenvalue weighted by Crippen LogP contribution is -2.38. The zero-order valence-corrected chi connectivity index (χ0v) is 15.8. The van der Waals surface area contributed by atoms with E-state index in [9.17, 15) is 14.4 Å². The van der Waals surface area contributed by atoms with E-state index >= 15 is 0 Å². The fraction of sp³-hybridized carbons (Fsp3) is 0.579. The number of aromatic nitrogens is 3. The average molecular weight is 358 g/mol. The van der Waals surface area contributed by atoms with Gasteiger partial charge in [0.25, 0.3) is 5.56 Å². The third-order valence-electron chi connectivity index (χ3n) is 5.33. The summed E-state index contributed by atoms with van der Waals surface area (Å²) in [6.45, 7) is 3.98. The van der Waals surface area contributed by atoms with Crippen LogP contribution < -0.4 is 16.6 Å². The highest BCUT2D eigenvalue weighted by Crippen LogP contribution is 2.31. The molecule has 0 saturated heterocycles. The van der Waals surface area contributed by atoms with E-state index in [1.807, 2.05) is 13.8 Å². The van der Waals surface area contributed by atoms with Gasteiger partial charge in [-0.1, -0.05) is 26.7 Å². The number of fused-ring (bicyclic) bond motifs is 1. The standard InChI is InChI=1S/C19H26N4O3/c1-11(2)13-10-20-17-15(18(25)23(4)19(26)22(17)3)16(13)21-14(24)9-12-7-5-6-8-12/h10-12H,5-9H2,1-4H3,(H,20,21,24). The Hall–Kier alpha value is -2.44. The second-order valence-corrected chi connectivity index (χ2v) is 7.55. The number of nitrogens with zero attached hydrogens (tertiary/aromatic N) is 3. The molecule has 0 aromatic carbocycles. The lowest BCUT2D eigenvalue weighted by molar-refractivity contribution is -0.117. The van der Waals surface area contributed by atoms with Crippen molar-refractivity contribution in [3.63, 3.8) is 0 Å². The van der Waals surface area contributed by atoms with Crippen molar-refractivity contribution >= 4 is 22.6 Å². The Bertz CT molecular complexity index is 965. The second-order valence-electron chi connectivity index (χ2n) is 7.55. The zero-order valence-electron chi connectivity index (χ0n) is 15.8. The molecule has 3 rings (SSSR count). The average Bonchev–Trinajstić information content (AvgIpc) is 3.10. The molecule has 0 unspecified atom stereocenters. The van der Waals surface area contributed by atoms with Crippen LogP contribution >= 0.6 is 0 Å². The molecule has 1 amide bonds. The van der Waals surface area contributed by atoms with Crippen molar-refractivity contribution in [3.05, 3.63) is 32.6 Å². The number of carbonyl (C=O) groups excluding carboxylic acids is 1. The Kier molecular flexibility index (Phi) is 4.98. The first-order valence-electron chi connectivity index (χ1n) is 9.19. The molecule has 7 heteroatoms. The molecule has 140 valence electrons. The van der Waals surface area contributed by atoms with Crippen LogP contribution in [0.5, 0.6) is 0 Å². The molecule has 26 heavy (non-hydrogen) atoms. The first kappa shape index (κ1) is 18.4. The normalized spacial score (nSPS) is 15.1. The fourth-order valence-electron chi connectivity index (χ4n) is 3.78. The van der Waals surface area contributed by atoms with Gasteiger partial charge in [-0.2, -0.15) is 0 Å². The fourth-order valence-corrected chi connectivity index (χ4v) is 3.78. The molecule has 2 aromatic rings. The molecule has 0 aliphatic heterocycles. The van der Waals surface area contributed by atoms with Gasteiger partial charge in [0.1, 0.15) is 5.39 Å². The number of hydrogen-bond donors (Lipinski definition) is 1. The van der Waals surface area contributed by atoms with Crippen molar-refractivity contribution in [1.29, 1.82) is 0 Å². The summed E-state index contributed by atoms with van der Waals surface area (Å²) in [7, 11) is 3.02. The Morgan fingerprint density at radius 3 is 2.50 bits per heavy atom. The number of aryl methyl sites for hydroxylation is 1. The maximum atomic E-state index is 12.8.